The lowest BCUT2D eigenvalue weighted by atomic mass is 10.1. The van der Waals surface area contributed by atoms with Crippen molar-refractivity contribution in [3.05, 3.63) is 65.3 Å². The topological polar surface area (TPSA) is 57.5 Å². The molecule has 122 valence electrons. The summed E-state index contributed by atoms with van der Waals surface area (Å²) in [6.07, 6.45) is 0.543. The number of anilines is 1. The van der Waals surface area contributed by atoms with E-state index < -0.39 is 5.82 Å². The molecule has 0 aliphatic heterocycles. The highest BCUT2D eigenvalue weighted by Gasteiger charge is 2.10. The molecule has 0 amide bonds. The Labute approximate surface area is 143 Å². The van der Waals surface area contributed by atoms with E-state index in [4.69, 9.17) is 0 Å². The summed E-state index contributed by atoms with van der Waals surface area (Å²) in [6.45, 7) is 1.89. The van der Waals surface area contributed by atoms with E-state index in [2.05, 4.69) is 15.5 Å². The van der Waals surface area contributed by atoms with Crippen molar-refractivity contribution in [2.75, 3.05) is 5.43 Å². The molecule has 0 fully saturated rings. The number of hydrogen-bond acceptors (Lipinski definition) is 5. The Kier molecular flexibility index (Phi) is 4.86. The zero-order chi connectivity index (χ0) is 16.9. The van der Waals surface area contributed by atoms with E-state index in [9.17, 15) is 9.50 Å². The minimum absolute atomic E-state index is 0.00270. The molecule has 24 heavy (non-hydrogen) atoms. The Morgan fingerprint density at radius 1 is 1.25 bits per heavy atom. The number of thiazole rings is 1. The highest BCUT2D eigenvalue weighted by Crippen LogP contribution is 2.25. The number of benzene rings is 2. The molecule has 0 atom stereocenters. The van der Waals surface area contributed by atoms with Gasteiger partial charge in [0.15, 0.2) is 0 Å². The van der Waals surface area contributed by atoms with E-state index in [1.54, 1.807) is 0 Å². The Hall–Kier alpha value is -2.73. The molecule has 0 bridgehead atoms. The van der Waals surface area contributed by atoms with Gasteiger partial charge >= 0.3 is 0 Å². The van der Waals surface area contributed by atoms with Crippen molar-refractivity contribution in [1.29, 1.82) is 0 Å². The van der Waals surface area contributed by atoms with Crippen molar-refractivity contribution in [2.24, 2.45) is 5.10 Å². The third-order valence-electron chi connectivity index (χ3n) is 3.46. The van der Waals surface area contributed by atoms with Crippen LogP contribution in [0.5, 0.6) is 5.75 Å². The number of aromatic nitrogens is 1. The van der Waals surface area contributed by atoms with Gasteiger partial charge in [-0.1, -0.05) is 37.3 Å². The van der Waals surface area contributed by atoms with Crippen molar-refractivity contribution in [3.63, 3.8) is 0 Å². The van der Waals surface area contributed by atoms with Gasteiger partial charge in [0.2, 0.25) is 5.13 Å². The molecule has 1 heterocycles. The molecule has 1 aromatic heterocycles. The molecule has 0 radical (unpaired) electrons. The quantitative estimate of drug-likeness (QED) is 0.513. The average Bonchev–Trinajstić information content (AvgIpc) is 3.08. The summed E-state index contributed by atoms with van der Waals surface area (Å²) in [5, 5.41) is 16.8. The summed E-state index contributed by atoms with van der Waals surface area (Å²) in [7, 11) is 0. The van der Waals surface area contributed by atoms with Crippen LogP contribution in [0.3, 0.4) is 0 Å². The lowest BCUT2D eigenvalue weighted by Crippen LogP contribution is -2.04. The van der Waals surface area contributed by atoms with Crippen LogP contribution < -0.4 is 5.43 Å². The fraction of sp³-hybridized carbons (Fsp3) is 0.111. The second-order valence-corrected chi connectivity index (χ2v) is 5.95. The molecular weight excluding hydrogens is 325 g/mol. The number of hydrazone groups is 1. The van der Waals surface area contributed by atoms with Gasteiger partial charge in [-0.05, 0) is 24.6 Å². The fourth-order valence-corrected chi connectivity index (χ4v) is 2.91. The normalized spacial score (nSPS) is 11.5. The smallest absolute Gasteiger partial charge is 0.203 e. The number of phenols is 1. The molecule has 3 rings (SSSR count). The van der Waals surface area contributed by atoms with Crippen LogP contribution in [0.1, 0.15) is 18.9 Å². The van der Waals surface area contributed by atoms with E-state index in [1.165, 1.54) is 29.5 Å². The molecule has 4 nitrogen and oxygen atoms in total. The van der Waals surface area contributed by atoms with Gasteiger partial charge in [0.05, 0.1) is 11.4 Å². The molecule has 0 saturated carbocycles. The zero-order valence-corrected chi connectivity index (χ0v) is 13.8. The second kappa shape index (κ2) is 7.23. The van der Waals surface area contributed by atoms with Crippen molar-refractivity contribution in [3.8, 4) is 17.0 Å². The first-order valence-electron chi connectivity index (χ1n) is 7.49. The van der Waals surface area contributed by atoms with Crippen LogP contribution in [0, 0.1) is 5.82 Å². The van der Waals surface area contributed by atoms with E-state index in [1.807, 2.05) is 42.6 Å². The number of nitrogens with zero attached hydrogens (tertiary/aromatic N) is 2. The maximum Gasteiger partial charge on any atom is 0.203 e. The standard InChI is InChI=1S/C18H16FN3OS/c1-2-15(14-10-13(19)8-9-17(14)23)21-22-18-20-16(11-24-18)12-6-4-3-5-7-12/h3-11,23H,2H2,1H3,(H,20,22)/b21-15+. The minimum atomic E-state index is -0.412. The highest BCUT2D eigenvalue weighted by atomic mass is 32.1. The van der Waals surface area contributed by atoms with Crippen molar-refractivity contribution in [2.45, 2.75) is 13.3 Å². The SMILES string of the molecule is CC/C(=N\Nc1nc(-c2ccccc2)cs1)c1cc(F)ccc1O. The van der Waals surface area contributed by atoms with Gasteiger partial charge < -0.3 is 5.11 Å². The van der Waals surface area contributed by atoms with Gasteiger partial charge in [0.1, 0.15) is 11.6 Å². The number of phenolic OH excluding ortho intramolecular Hbond substituents is 1. The predicted octanol–water partition coefficient (Wildman–Crippen LogP) is 4.88. The van der Waals surface area contributed by atoms with Gasteiger partial charge in [0, 0.05) is 16.5 Å². The van der Waals surface area contributed by atoms with E-state index in [-0.39, 0.29) is 5.75 Å². The summed E-state index contributed by atoms with van der Waals surface area (Å²) in [5.41, 5.74) is 5.73. The molecule has 6 heteroatoms. The van der Waals surface area contributed by atoms with Crippen LogP contribution >= 0.6 is 11.3 Å². The number of halogens is 1. The van der Waals surface area contributed by atoms with Gasteiger partial charge in [0.25, 0.3) is 0 Å². The molecule has 0 aliphatic carbocycles. The van der Waals surface area contributed by atoms with Crippen LogP contribution in [0.2, 0.25) is 0 Å². The third kappa shape index (κ3) is 3.60. The number of aromatic hydroxyl groups is 1. The molecule has 0 aliphatic rings. The predicted molar refractivity (Wildman–Crippen MR) is 96.1 cm³/mol. The van der Waals surface area contributed by atoms with E-state index in [0.29, 0.717) is 22.8 Å². The number of nitrogens with one attached hydrogen (secondary N) is 1. The molecular formula is C18H16FN3OS. The summed E-state index contributed by atoms with van der Waals surface area (Å²) < 4.78 is 13.4. The monoisotopic (exact) mass is 341 g/mol. The van der Waals surface area contributed by atoms with Crippen LogP contribution in [-0.4, -0.2) is 15.8 Å². The van der Waals surface area contributed by atoms with Gasteiger partial charge in [-0.3, -0.25) is 5.43 Å². The molecule has 0 unspecified atom stereocenters. The van der Waals surface area contributed by atoms with Crippen LogP contribution in [0.25, 0.3) is 11.3 Å². The van der Waals surface area contributed by atoms with E-state index >= 15 is 0 Å². The summed E-state index contributed by atoms with van der Waals surface area (Å²) in [6, 6.07) is 13.7. The summed E-state index contributed by atoms with van der Waals surface area (Å²) in [4.78, 5) is 4.48. The molecule has 3 aromatic rings. The first-order chi connectivity index (χ1) is 11.7. The Bertz CT molecular complexity index is 862. The van der Waals surface area contributed by atoms with Gasteiger partial charge in [-0.2, -0.15) is 5.10 Å². The lowest BCUT2D eigenvalue weighted by molar-refractivity contribution is 0.471. The largest absolute Gasteiger partial charge is 0.507 e. The average molecular weight is 341 g/mol. The molecule has 0 spiro atoms. The van der Waals surface area contributed by atoms with Crippen LogP contribution in [-0.2, 0) is 0 Å². The van der Waals surface area contributed by atoms with Crippen LogP contribution in [0.15, 0.2) is 59.0 Å². The van der Waals surface area contributed by atoms with Crippen LogP contribution in [0.4, 0.5) is 9.52 Å². The zero-order valence-electron chi connectivity index (χ0n) is 13.0. The molecule has 2 N–H and O–H groups in total. The highest BCUT2D eigenvalue weighted by molar-refractivity contribution is 7.14. The lowest BCUT2D eigenvalue weighted by Gasteiger charge is -2.07. The minimum Gasteiger partial charge on any atom is -0.507 e. The molecule has 2 aromatic carbocycles. The maximum atomic E-state index is 13.4. The van der Waals surface area contributed by atoms with Crippen molar-refractivity contribution in [1.82, 2.24) is 4.98 Å². The van der Waals surface area contributed by atoms with E-state index in [0.717, 1.165) is 11.3 Å². The number of rotatable bonds is 5. The van der Waals surface area contributed by atoms with Crippen molar-refractivity contribution >= 4 is 22.2 Å². The Morgan fingerprint density at radius 2 is 2.04 bits per heavy atom. The maximum absolute atomic E-state index is 13.4. The van der Waals surface area contributed by atoms with Crippen molar-refractivity contribution < 1.29 is 9.50 Å². The van der Waals surface area contributed by atoms with Gasteiger partial charge in [-0.15, -0.1) is 11.3 Å². The second-order valence-electron chi connectivity index (χ2n) is 5.09. The summed E-state index contributed by atoms with van der Waals surface area (Å²) >= 11 is 1.43. The number of hydrogen-bond donors (Lipinski definition) is 2. The third-order valence-corrected chi connectivity index (χ3v) is 4.21. The first-order valence-corrected chi connectivity index (χ1v) is 8.37. The first kappa shape index (κ1) is 16.1. The Balaban J connectivity index is 1.81. The Morgan fingerprint density at radius 3 is 2.79 bits per heavy atom. The van der Waals surface area contributed by atoms with Gasteiger partial charge in [-0.25, -0.2) is 9.37 Å². The summed E-state index contributed by atoms with van der Waals surface area (Å²) in [5.74, 6) is -0.410. The fourth-order valence-electron chi connectivity index (χ4n) is 2.25. The molecule has 0 saturated heterocycles.